The molecule has 100 valence electrons. The Kier molecular flexibility index (Phi) is 4.99. The lowest BCUT2D eigenvalue weighted by Gasteiger charge is -2.35. The van der Waals surface area contributed by atoms with Gasteiger partial charge in [-0.1, -0.05) is 20.8 Å². The van der Waals surface area contributed by atoms with Crippen molar-refractivity contribution in [1.82, 2.24) is 5.32 Å². The van der Waals surface area contributed by atoms with E-state index in [4.69, 9.17) is 5.73 Å². The highest BCUT2D eigenvalue weighted by molar-refractivity contribution is 5.82. The molecule has 3 nitrogen and oxygen atoms in total. The first-order chi connectivity index (χ1) is 7.92. The molecule has 1 saturated carbocycles. The summed E-state index contributed by atoms with van der Waals surface area (Å²) in [5, 5.41) is 3.19. The van der Waals surface area contributed by atoms with Crippen molar-refractivity contribution in [3.8, 4) is 0 Å². The molecule has 0 aromatic heterocycles. The summed E-state index contributed by atoms with van der Waals surface area (Å²) in [5.74, 6) is 1.63. The fourth-order valence-corrected chi connectivity index (χ4v) is 2.44. The maximum atomic E-state index is 12.2. The molecular weight excluding hydrogens is 212 g/mol. The van der Waals surface area contributed by atoms with E-state index < -0.39 is 5.41 Å². The Morgan fingerprint density at radius 3 is 2.47 bits per heavy atom. The van der Waals surface area contributed by atoms with Crippen LogP contribution in [0.1, 0.15) is 53.4 Å². The van der Waals surface area contributed by atoms with Crippen LogP contribution in [0.5, 0.6) is 0 Å². The Bertz CT molecular complexity index is 261. The van der Waals surface area contributed by atoms with Gasteiger partial charge in [0.15, 0.2) is 0 Å². The van der Waals surface area contributed by atoms with Gasteiger partial charge in [-0.15, -0.1) is 0 Å². The van der Waals surface area contributed by atoms with Crippen molar-refractivity contribution in [3.63, 3.8) is 0 Å². The molecule has 4 atom stereocenters. The van der Waals surface area contributed by atoms with E-state index >= 15 is 0 Å². The predicted molar refractivity (Wildman–Crippen MR) is 71.6 cm³/mol. The Hall–Kier alpha value is -0.570. The number of amides is 1. The molecule has 0 bridgehead atoms. The molecule has 3 N–H and O–H groups in total. The standard InChI is InChI=1S/C14H28N2O/c1-5-14(4,9-15)13(17)16-12-7-6-10(2)11(3)8-12/h10-12H,5-9,15H2,1-4H3,(H,16,17). The van der Waals surface area contributed by atoms with Gasteiger partial charge >= 0.3 is 0 Å². The van der Waals surface area contributed by atoms with Crippen molar-refractivity contribution in [2.45, 2.75) is 59.4 Å². The van der Waals surface area contributed by atoms with Crippen LogP contribution in [0.3, 0.4) is 0 Å². The molecular formula is C14H28N2O. The van der Waals surface area contributed by atoms with Crippen molar-refractivity contribution in [3.05, 3.63) is 0 Å². The molecule has 0 spiro atoms. The molecule has 0 aliphatic heterocycles. The number of nitrogens with one attached hydrogen (secondary N) is 1. The van der Waals surface area contributed by atoms with Crippen LogP contribution in [0.15, 0.2) is 0 Å². The summed E-state index contributed by atoms with van der Waals surface area (Å²) >= 11 is 0. The molecule has 1 fully saturated rings. The van der Waals surface area contributed by atoms with E-state index in [1.807, 2.05) is 13.8 Å². The highest BCUT2D eigenvalue weighted by Gasteiger charge is 2.33. The molecule has 1 amide bonds. The monoisotopic (exact) mass is 240 g/mol. The van der Waals surface area contributed by atoms with Crippen molar-refractivity contribution in [2.75, 3.05) is 6.54 Å². The molecule has 0 aromatic rings. The topological polar surface area (TPSA) is 55.1 Å². The van der Waals surface area contributed by atoms with Gasteiger partial charge in [0, 0.05) is 12.6 Å². The largest absolute Gasteiger partial charge is 0.353 e. The lowest BCUT2D eigenvalue weighted by molar-refractivity contribution is -0.131. The van der Waals surface area contributed by atoms with Crippen LogP contribution < -0.4 is 11.1 Å². The number of hydrogen-bond donors (Lipinski definition) is 2. The zero-order chi connectivity index (χ0) is 13.1. The number of hydrogen-bond acceptors (Lipinski definition) is 2. The summed E-state index contributed by atoms with van der Waals surface area (Å²) in [4.78, 5) is 12.2. The van der Waals surface area contributed by atoms with Crippen LogP contribution in [-0.2, 0) is 4.79 Å². The third-order valence-electron chi connectivity index (χ3n) is 4.71. The van der Waals surface area contributed by atoms with E-state index in [9.17, 15) is 4.79 Å². The quantitative estimate of drug-likeness (QED) is 0.792. The Morgan fingerprint density at radius 2 is 2.00 bits per heavy atom. The number of rotatable bonds is 4. The average Bonchev–Trinajstić information content (AvgIpc) is 2.32. The lowest BCUT2D eigenvalue weighted by atomic mass is 9.78. The molecule has 0 radical (unpaired) electrons. The van der Waals surface area contributed by atoms with Gasteiger partial charge < -0.3 is 11.1 Å². The smallest absolute Gasteiger partial charge is 0.227 e. The van der Waals surface area contributed by atoms with Gasteiger partial charge in [0.1, 0.15) is 0 Å². The molecule has 0 saturated heterocycles. The van der Waals surface area contributed by atoms with E-state index in [1.54, 1.807) is 0 Å². The third-order valence-corrected chi connectivity index (χ3v) is 4.71. The summed E-state index contributed by atoms with van der Waals surface area (Å²) in [7, 11) is 0. The van der Waals surface area contributed by atoms with E-state index in [1.165, 1.54) is 6.42 Å². The van der Waals surface area contributed by atoms with Crippen molar-refractivity contribution in [1.29, 1.82) is 0 Å². The molecule has 0 heterocycles. The second-order valence-electron chi connectivity index (χ2n) is 6.06. The van der Waals surface area contributed by atoms with E-state index in [2.05, 4.69) is 19.2 Å². The van der Waals surface area contributed by atoms with E-state index in [-0.39, 0.29) is 5.91 Å². The number of nitrogens with two attached hydrogens (primary N) is 1. The fourth-order valence-electron chi connectivity index (χ4n) is 2.44. The maximum Gasteiger partial charge on any atom is 0.227 e. The molecule has 1 aliphatic rings. The third kappa shape index (κ3) is 3.44. The molecule has 4 unspecified atom stereocenters. The van der Waals surface area contributed by atoms with Gasteiger partial charge in [-0.25, -0.2) is 0 Å². The van der Waals surface area contributed by atoms with Crippen molar-refractivity contribution >= 4 is 5.91 Å². The van der Waals surface area contributed by atoms with E-state index in [0.717, 1.165) is 25.2 Å². The second-order valence-corrected chi connectivity index (χ2v) is 6.06. The first-order valence-corrected chi connectivity index (χ1v) is 6.94. The van der Waals surface area contributed by atoms with Crippen LogP contribution in [0, 0.1) is 17.3 Å². The summed E-state index contributed by atoms with van der Waals surface area (Å²) in [6.07, 6.45) is 4.24. The minimum Gasteiger partial charge on any atom is -0.353 e. The second kappa shape index (κ2) is 5.85. The van der Waals surface area contributed by atoms with Gasteiger partial charge in [0.05, 0.1) is 5.41 Å². The zero-order valence-corrected chi connectivity index (χ0v) is 11.8. The highest BCUT2D eigenvalue weighted by atomic mass is 16.2. The Morgan fingerprint density at radius 1 is 1.35 bits per heavy atom. The molecule has 0 aromatic carbocycles. The van der Waals surface area contributed by atoms with Crippen LogP contribution in [0.2, 0.25) is 0 Å². The Balaban J connectivity index is 2.52. The molecule has 1 rings (SSSR count). The first kappa shape index (κ1) is 14.5. The van der Waals surface area contributed by atoms with Gasteiger partial charge in [-0.3, -0.25) is 4.79 Å². The predicted octanol–water partition coefficient (Wildman–Crippen LogP) is 2.30. The molecule has 17 heavy (non-hydrogen) atoms. The summed E-state index contributed by atoms with van der Waals surface area (Å²) in [6, 6.07) is 0.353. The highest BCUT2D eigenvalue weighted by Crippen LogP contribution is 2.30. The van der Waals surface area contributed by atoms with Gasteiger partial charge in [0.25, 0.3) is 0 Å². The van der Waals surface area contributed by atoms with E-state index in [0.29, 0.717) is 18.5 Å². The fraction of sp³-hybridized carbons (Fsp3) is 0.929. The van der Waals surface area contributed by atoms with Gasteiger partial charge in [-0.2, -0.15) is 0 Å². The molecule has 3 heteroatoms. The SMILES string of the molecule is CCC(C)(CN)C(=O)NC1CCC(C)C(C)C1. The summed E-state index contributed by atoms with van der Waals surface area (Å²) in [5.41, 5.74) is 5.32. The normalized spacial score (nSPS) is 32.9. The van der Waals surface area contributed by atoms with Crippen molar-refractivity contribution < 1.29 is 4.79 Å². The number of carbonyl (C=O) groups is 1. The van der Waals surface area contributed by atoms with Crippen molar-refractivity contribution in [2.24, 2.45) is 23.0 Å². The maximum absolute atomic E-state index is 12.2. The number of carbonyl (C=O) groups excluding carboxylic acids is 1. The minimum absolute atomic E-state index is 0.134. The van der Waals surface area contributed by atoms with Crippen LogP contribution in [-0.4, -0.2) is 18.5 Å². The average molecular weight is 240 g/mol. The minimum atomic E-state index is -0.397. The van der Waals surface area contributed by atoms with Gasteiger partial charge in [-0.05, 0) is 44.4 Å². The van der Waals surface area contributed by atoms with Crippen LogP contribution in [0.25, 0.3) is 0 Å². The zero-order valence-electron chi connectivity index (χ0n) is 11.8. The van der Waals surface area contributed by atoms with Crippen LogP contribution in [0.4, 0.5) is 0 Å². The lowest BCUT2D eigenvalue weighted by Crippen LogP contribution is -2.49. The Labute approximate surface area is 106 Å². The molecule has 1 aliphatic carbocycles. The summed E-state index contributed by atoms with van der Waals surface area (Å²) < 4.78 is 0. The van der Waals surface area contributed by atoms with Crippen LogP contribution >= 0.6 is 0 Å². The first-order valence-electron chi connectivity index (χ1n) is 6.94. The summed E-state index contributed by atoms with van der Waals surface area (Å²) in [6.45, 7) is 8.99. The van der Waals surface area contributed by atoms with Gasteiger partial charge in [0.2, 0.25) is 5.91 Å².